The highest BCUT2D eigenvalue weighted by Gasteiger charge is 2.73. The molecule has 3 fully saturated rings. The summed E-state index contributed by atoms with van der Waals surface area (Å²) in [6.45, 7) is 7.00. The lowest BCUT2D eigenvalue weighted by molar-refractivity contribution is -0.134. The van der Waals surface area contributed by atoms with Gasteiger partial charge in [-0.3, -0.25) is 0 Å². The molecule has 0 unspecified atom stereocenters. The number of aliphatic hydroxyl groups is 1. The third-order valence-corrected chi connectivity index (χ3v) is 7.84. The van der Waals surface area contributed by atoms with E-state index in [1.54, 1.807) is 0 Å². The maximum Gasteiger partial charge on any atom is 0.342 e. The van der Waals surface area contributed by atoms with E-state index in [-0.39, 0.29) is 23.7 Å². The zero-order valence-corrected chi connectivity index (χ0v) is 14.7. The van der Waals surface area contributed by atoms with Gasteiger partial charge in [0.25, 0.3) is 0 Å². The van der Waals surface area contributed by atoms with Crippen LogP contribution in [-0.4, -0.2) is 29.4 Å². The van der Waals surface area contributed by atoms with Gasteiger partial charge < -0.3 is 14.6 Å². The third kappa shape index (κ3) is 1.60. The Morgan fingerprint density at radius 1 is 1.25 bits per heavy atom. The van der Waals surface area contributed by atoms with Crippen LogP contribution in [0.25, 0.3) is 0 Å². The Morgan fingerprint density at radius 2 is 2.04 bits per heavy atom. The SMILES string of the molecule is CC1(C)CCC[C@]2(C)[C@H]3C=C4OC(=O)C(CO)=C4[C@@H]4O[C@]34CC[C@@H]12. The van der Waals surface area contributed by atoms with Crippen LogP contribution in [0.1, 0.15) is 52.9 Å². The van der Waals surface area contributed by atoms with Crippen LogP contribution in [0, 0.1) is 22.7 Å². The molecule has 3 aliphatic carbocycles. The second-order valence-electron chi connectivity index (χ2n) is 9.34. The maximum absolute atomic E-state index is 12.1. The predicted octanol–water partition coefficient (Wildman–Crippen LogP) is 3.11. The van der Waals surface area contributed by atoms with Crippen molar-refractivity contribution in [3.05, 3.63) is 23.0 Å². The molecule has 0 aromatic rings. The fourth-order valence-electron chi connectivity index (χ4n) is 6.78. The topological polar surface area (TPSA) is 59.1 Å². The Kier molecular flexibility index (Phi) is 2.74. The molecule has 4 nitrogen and oxygen atoms in total. The number of hydrogen-bond acceptors (Lipinski definition) is 4. The maximum atomic E-state index is 12.1. The van der Waals surface area contributed by atoms with Crippen molar-refractivity contribution in [2.24, 2.45) is 22.7 Å². The molecule has 2 heterocycles. The number of esters is 1. The molecule has 0 amide bonds. The molecular formula is C20H26O4. The average Bonchev–Trinajstić information content (AvgIpc) is 3.13. The minimum atomic E-state index is -0.395. The van der Waals surface area contributed by atoms with Crippen molar-refractivity contribution < 1.29 is 19.4 Å². The fourth-order valence-corrected chi connectivity index (χ4v) is 6.78. The summed E-state index contributed by atoms with van der Waals surface area (Å²) in [5.41, 5.74) is 1.62. The zero-order valence-electron chi connectivity index (χ0n) is 14.7. The molecule has 0 aromatic carbocycles. The van der Waals surface area contributed by atoms with Gasteiger partial charge in [0.05, 0.1) is 12.2 Å². The summed E-state index contributed by atoms with van der Waals surface area (Å²) in [5.74, 6) is 1.25. The highest BCUT2D eigenvalue weighted by molar-refractivity contribution is 5.95. The summed E-state index contributed by atoms with van der Waals surface area (Å²) < 4.78 is 11.8. The fraction of sp³-hybridized carbons (Fsp3) is 0.750. The van der Waals surface area contributed by atoms with Crippen LogP contribution in [0.4, 0.5) is 0 Å². The molecule has 4 heteroatoms. The number of aliphatic hydroxyl groups excluding tert-OH is 1. The van der Waals surface area contributed by atoms with E-state index in [0.29, 0.717) is 28.6 Å². The molecule has 1 N–H and O–H groups in total. The van der Waals surface area contributed by atoms with E-state index in [1.165, 1.54) is 25.7 Å². The van der Waals surface area contributed by atoms with Gasteiger partial charge in [-0.2, -0.15) is 0 Å². The first-order valence-corrected chi connectivity index (χ1v) is 9.29. The van der Waals surface area contributed by atoms with Crippen molar-refractivity contribution in [3.63, 3.8) is 0 Å². The van der Waals surface area contributed by atoms with Gasteiger partial charge >= 0.3 is 5.97 Å². The number of carbonyl (C=O) groups is 1. The first-order valence-electron chi connectivity index (χ1n) is 9.29. The van der Waals surface area contributed by atoms with Gasteiger partial charge in [-0.1, -0.05) is 27.2 Å². The van der Waals surface area contributed by atoms with Gasteiger partial charge in [0.2, 0.25) is 0 Å². The number of fused-ring (bicyclic) bond motifs is 4. The minimum Gasteiger partial charge on any atom is -0.423 e. The molecule has 0 radical (unpaired) electrons. The van der Waals surface area contributed by atoms with E-state index >= 15 is 0 Å². The lowest BCUT2D eigenvalue weighted by atomic mass is 9.45. The van der Waals surface area contributed by atoms with Crippen molar-refractivity contribution in [3.8, 4) is 0 Å². The summed E-state index contributed by atoms with van der Waals surface area (Å²) in [6.07, 6.45) is 8.12. The summed E-state index contributed by atoms with van der Waals surface area (Å²) >= 11 is 0. The second-order valence-corrected chi connectivity index (χ2v) is 9.34. The molecule has 5 rings (SSSR count). The molecule has 5 aliphatic rings. The molecule has 0 bridgehead atoms. The highest BCUT2D eigenvalue weighted by atomic mass is 16.6. The average molecular weight is 330 g/mol. The molecule has 5 atom stereocenters. The summed E-state index contributed by atoms with van der Waals surface area (Å²) in [7, 11) is 0. The van der Waals surface area contributed by atoms with E-state index in [4.69, 9.17) is 9.47 Å². The number of hydrogen-bond donors (Lipinski definition) is 1. The van der Waals surface area contributed by atoms with Crippen LogP contribution in [-0.2, 0) is 14.3 Å². The Labute approximate surface area is 142 Å². The third-order valence-electron chi connectivity index (χ3n) is 7.84. The van der Waals surface area contributed by atoms with Crippen molar-refractivity contribution in [1.82, 2.24) is 0 Å². The summed E-state index contributed by atoms with van der Waals surface area (Å²) in [5, 5.41) is 9.57. The van der Waals surface area contributed by atoms with Gasteiger partial charge in [-0.25, -0.2) is 4.79 Å². The number of epoxide rings is 1. The van der Waals surface area contributed by atoms with Crippen molar-refractivity contribution >= 4 is 5.97 Å². The standard InChI is InChI=1S/C20H26O4/c1-18(2)6-4-7-19(3)13(18)5-8-20-14(19)9-12-15(16(20)24-20)11(10-21)17(22)23-12/h9,13-14,16,21H,4-8,10H2,1-3H3/t13-,14+,16-,19-,20+/m0/s1. The van der Waals surface area contributed by atoms with Crippen LogP contribution in [0.5, 0.6) is 0 Å². The van der Waals surface area contributed by atoms with Crippen LogP contribution in [0.3, 0.4) is 0 Å². The predicted molar refractivity (Wildman–Crippen MR) is 87.8 cm³/mol. The normalized spacial score (nSPS) is 47.9. The molecule has 2 aliphatic heterocycles. The Morgan fingerprint density at radius 3 is 2.79 bits per heavy atom. The molecule has 0 aromatic heterocycles. The number of ether oxygens (including phenoxy) is 2. The largest absolute Gasteiger partial charge is 0.423 e. The Balaban J connectivity index is 1.63. The zero-order chi connectivity index (χ0) is 16.9. The lowest BCUT2D eigenvalue weighted by Gasteiger charge is -2.59. The van der Waals surface area contributed by atoms with Gasteiger partial charge in [0.15, 0.2) is 0 Å². The van der Waals surface area contributed by atoms with Crippen LogP contribution < -0.4 is 0 Å². The highest BCUT2D eigenvalue weighted by Crippen LogP contribution is 2.71. The van der Waals surface area contributed by atoms with Crippen LogP contribution >= 0.6 is 0 Å². The van der Waals surface area contributed by atoms with Crippen molar-refractivity contribution in [2.45, 2.75) is 64.6 Å². The second kappa shape index (κ2) is 4.34. The first kappa shape index (κ1) is 15.2. The Hall–Kier alpha value is -1.13. The van der Waals surface area contributed by atoms with E-state index < -0.39 is 5.97 Å². The van der Waals surface area contributed by atoms with Crippen LogP contribution in [0.15, 0.2) is 23.0 Å². The van der Waals surface area contributed by atoms with E-state index in [0.717, 1.165) is 12.0 Å². The van der Waals surface area contributed by atoms with E-state index in [2.05, 4.69) is 26.8 Å². The van der Waals surface area contributed by atoms with Gasteiger partial charge in [-0.05, 0) is 48.5 Å². The number of rotatable bonds is 1. The van der Waals surface area contributed by atoms with E-state index in [1.807, 2.05) is 0 Å². The lowest BCUT2D eigenvalue weighted by Crippen LogP contribution is -2.55. The molecule has 1 saturated heterocycles. The minimum absolute atomic E-state index is 0.0566. The summed E-state index contributed by atoms with van der Waals surface area (Å²) in [6, 6.07) is 0. The Bertz CT molecular complexity index is 702. The van der Waals surface area contributed by atoms with Crippen molar-refractivity contribution in [2.75, 3.05) is 6.61 Å². The summed E-state index contributed by atoms with van der Waals surface area (Å²) in [4.78, 5) is 12.1. The van der Waals surface area contributed by atoms with E-state index in [9.17, 15) is 9.90 Å². The van der Waals surface area contributed by atoms with Gasteiger partial charge in [0, 0.05) is 11.5 Å². The monoisotopic (exact) mass is 330 g/mol. The quantitative estimate of drug-likeness (QED) is 0.593. The van der Waals surface area contributed by atoms with Crippen LogP contribution in [0.2, 0.25) is 0 Å². The molecule has 130 valence electrons. The van der Waals surface area contributed by atoms with Crippen molar-refractivity contribution in [1.29, 1.82) is 0 Å². The first-order chi connectivity index (χ1) is 11.3. The van der Waals surface area contributed by atoms with Gasteiger partial charge in [-0.15, -0.1) is 0 Å². The molecule has 1 spiro atoms. The smallest absolute Gasteiger partial charge is 0.342 e. The molecular weight excluding hydrogens is 304 g/mol. The molecule has 2 saturated carbocycles. The number of carbonyl (C=O) groups excluding carboxylic acids is 1. The molecule has 24 heavy (non-hydrogen) atoms. The van der Waals surface area contributed by atoms with Gasteiger partial charge in [0.1, 0.15) is 17.5 Å².